The van der Waals surface area contributed by atoms with Gasteiger partial charge in [-0.15, -0.1) is 0 Å². The van der Waals surface area contributed by atoms with Crippen molar-refractivity contribution >= 4 is 5.82 Å². The lowest BCUT2D eigenvalue weighted by molar-refractivity contribution is 0.108. The van der Waals surface area contributed by atoms with Crippen LogP contribution in [0, 0.1) is 0 Å². The van der Waals surface area contributed by atoms with E-state index in [9.17, 15) is 5.11 Å². The zero-order valence-corrected chi connectivity index (χ0v) is 18.6. The summed E-state index contributed by atoms with van der Waals surface area (Å²) in [4.78, 5) is 15.3. The Morgan fingerprint density at radius 3 is 2.48 bits per heavy atom. The van der Waals surface area contributed by atoms with Crippen molar-refractivity contribution in [1.29, 1.82) is 0 Å². The van der Waals surface area contributed by atoms with Crippen LogP contribution < -0.4 is 4.90 Å². The molecule has 0 atom stereocenters. The van der Waals surface area contributed by atoms with E-state index in [0.29, 0.717) is 0 Å². The summed E-state index contributed by atoms with van der Waals surface area (Å²) in [7, 11) is 1.78. The minimum absolute atomic E-state index is 0.176. The molecule has 2 saturated heterocycles. The van der Waals surface area contributed by atoms with Crippen molar-refractivity contribution in [2.24, 2.45) is 0 Å². The van der Waals surface area contributed by atoms with Gasteiger partial charge in [-0.05, 0) is 51.6 Å². The maximum atomic E-state index is 10.0. The van der Waals surface area contributed by atoms with Crippen LogP contribution in [0.15, 0.2) is 30.3 Å². The third kappa shape index (κ3) is 4.09. The summed E-state index contributed by atoms with van der Waals surface area (Å²) in [6.45, 7) is 5.78. The van der Waals surface area contributed by atoms with Crippen LogP contribution in [-0.4, -0.2) is 72.5 Å². The average molecular weight is 423 g/mol. The molecule has 0 radical (unpaired) electrons. The van der Waals surface area contributed by atoms with Gasteiger partial charge in [-0.3, -0.25) is 0 Å². The number of aliphatic hydroxyl groups excluding tert-OH is 1. The average Bonchev–Trinajstić information content (AvgIpc) is 3.17. The van der Waals surface area contributed by atoms with E-state index < -0.39 is 0 Å². The molecule has 6 nitrogen and oxygen atoms in total. The molecule has 1 spiro atoms. The lowest BCUT2D eigenvalue weighted by Gasteiger charge is -2.39. The van der Waals surface area contributed by atoms with Crippen LogP contribution in [0.2, 0.25) is 0 Å². The summed E-state index contributed by atoms with van der Waals surface area (Å²) in [6, 6.07) is 10.4. The number of hydrogen-bond acceptors (Lipinski definition) is 6. The maximum Gasteiger partial charge on any atom is 0.161 e. The van der Waals surface area contributed by atoms with Crippen LogP contribution in [0.3, 0.4) is 0 Å². The second-order valence-corrected chi connectivity index (χ2v) is 9.40. The number of benzene rings is 1. The highest BCUT2D eigenvalue weighted by atomic mass is 16.5. The first-order valence-corrected chi connectivity index (χ1v) is 11.8. The molecule has 1 aromatic carbocycles. The van der Waals surface area contributed by atoms with Crippen LogP contribution in [0.1, 0.15) is 43.4 Å². The van der Waals surface area contributed by atoms with Crippen molar-refractivity contribution < 1.29 is 9.84 Å². The molecule has 0 unspecified atom stereocenters. The number of hydrogen-bond donors (Lipinski definition) is 1. The molecule has 6 heteroatoms. The lowest BCUT2D eigenvalue weighted by Crippen LogP contribution is -2.43. The van der Waals surface area contributed by atoms with Gasteiger partial charge in [-0.2, -0.15) is 0 Å². The van der Waals surface area contributed by atoms with Crippen LogP contribution in [0.5, 0.6) is 0 Å². The molecular formula is C25H34N4O2. The molecule has 3 aliphatic rings. The molecule has 0 amide bonds. The Bertz CT molecular complexity index is 888. The predicted octanol–water partition coefficient (Wildman–Crippen LogP) is 3.03. The monoisotopic (exact) mass is 422 g/mol. The lowest BCUT2D eigenvalue weighted by atomic mass is 9.76. The van der Waals surface area contributed by atoms with E-state index in [0.717, 1.165) is 88.6 Å². The molecule has 2 fully saturated rings. The Morgan fingerprint density at radius 2 is 1.77 bits per heavy atom. The Hall–Kier alpha value is -2.02. The van der Waals surface area contributed by atoms with Gasteiger partial charge in [-0.25, -0.2) is 9.97 Å². The van der Waals surface area contributed by atoms with Crippen molar-refractivity contribution in [3.05, 3.63) is 41.6 Å². The highest BCUT2D eigenvalue weighted by Gasteiger charge is 2.44. The number of methoxy groups -OCH3 is 1. The fourth-order valence-corrected chi connectivity index (χ4v) is 5.59. The third-order valence-electron chi connectivity index (χ3n) is 7.56. The van der Waals surface area contributed by atoms with Crippen LogP contribution >= 0.6 is 0 Å². The first kappa shape index (κ1) is 20.9. The minimum atomic E-state index is -0.178. The highest BCUT2D eigenvalue weighted by Crippen LogP contribution is 2.48. The number of aliphatic hydroxyl groups is 1. The standard InChI is InChI=1S/C25H34N4O2/c1-31-18-17-28-15-11-25(12-16-28)10-7-21-22(25)26-23(19-5-3-2-4-6-19)27-24(21)29-13-8-20(30)9-14-29/h2-6,20,30H,7-18H2,1H3. The van der Waals surface area contributed by atoms with E-state index in [1.165, 1.54) is 17.7 Å². The van der Waals surface area contributed by atoms with E-state index in [1.807, 2.05) is 6.07 Å². The van der Waals surface area contributed by atoms with Gasteiger partial charge < -0.3 is 19.6 Å². The second-order valence-electron chi connectivity index (χ2n) is 9.40. The smallest absolute Gasteiger partial charge is 0.161 e. The number of nitrogens with zero attached hydrogens (tertiary/aromatic N) is 4. The predicted molar refractivity (Wildman–Crippen MR) is 122 cm³/mol. The van der Waals surface area contributed by atoms with Gasteiger partial charge in [0.15, 0.2) is 5.82 Å². The summed E-state index contributed by atoms with van der Waals surface area (Å²) < 4.78 is 5.29. The van der Waals surface area contributed by atoms with Gasteiger partial charge in [0.2, 0.25) is 0 Å². The number of rotatable bonds is 5. The van der Waals surface area contributed by atoms with Crippen LogP contribution in [0.4, 0.5) is 5.82 Å². The summed E-state index contributed by atoms with van der Waals surface area (Å²) in [6.07, 6.45) is 6.02. The number of aromatic nitrogens is 2. The van der Waals surface area contributed by atoms with Crippen molar-refractivity contribution in [2.75, 3.05) is 51.3 Å². The summed E-state index contributed by atoms with van der Waals surface area (Å²) in [5, 5.41) is 10.0. The highest BCUT2D eigenvalue weighted by molar-refractivity contribution is 5.63. The van der Waals surface area contributed by atoms with Gasteiger partial charge in [-0.1, -0.05) is 30.3 Å². The van der Waals surface area contributed by atoms with Crippen molar-refractivity contribution in [1.82, 2.24) is 14.9 Å². The molecule has 2 aromatic rings. The molecule has 2 aliphatic heterocycles. The summed E-state index contributed by atoms with van der Waals surface area (Å²) in [5.41, 5.74) is 3.92. The Balaban J connectivity index is 1.50. The number of piperidine rings is 2. The zero-order chi connectivity index (χ0) is 21.3. The van der Waals surface area contributed by atoms with Gasteiger partial charge in [0.05, 0.1) is 18.4 Å². The molecule has 0 bridgehead atoms. The molecule has 166 valence electrons. The van der Waals surface area contributed by atoms with E-state index in [2.05, 4.69) is 34.1 Å². The molecule has 0 saturated carbocycles. The zero-order valence-electron chi connectivity index (χ0n) is 18.6. The van der Waals surface area contributed by atoms with Gasteiger partial charge in [0.25, 0.3) is 0 Å². The second kappa shape index (κ2) is 8.85. The molecule has 31 heavy (non-hydrogen) atoms. The summed E-state index contributed by atoms with van der Waals surface area (Å²) >= 11 is 0. The molecule has 5 rings (SSSR count). The van der Waals surface area contributed by atoms with E-state index in [1.54, 1.807) is 7.11 Å². The number of anilines is 1. The quantitative estimate of drug-likeness (QED) is 0.799. The first-order valence-electron chi connectivity index (χ1n) is 11.8. The number of ether oxygens (including phenoxy) is 1. The minimum Gasteiger partial charge on any atom is -0.393 e. The normalized spacial score (nSPS) is 21.5. The largest absolute Gasteiger partial charge is 0.393 e. The van der Waals surface area contributed by atoms with Gasteiger partial charge in [0.1, 0.15) is 5.82 Å². The molecular weight excluding hydrogens is 388 g/mol. The molecule has 1 aliphatic carbocycles. The fraction of sp³-hybridized carbons (Fsp3) is 0.600. The van der Waals surface area contributed by atoms with E-state index in [4.69, 9.17) is 14.7 Å². The Morgan fingerprint density at radius 1 is 1.03 bits per heavy atom. The Labute approximate surface area is 185 Å². The maximum absolute atomic E-state index is 10.0. The molecule has 1 aromatic heterocycles. The fourth-order valence-electron chi connectivity index (χ4n) is 5.59. The van der Waals surface area contributed by atoms with Crippen LogP contribution in [-0.2, 0) is 16.6 Å². The first-order chi connectivity index (χ1) is 15.2. The van der Waals surface area contributed by atoms with E-state index in [-0.39, 0.29) is 11.5 Å². The Kier molecular flexibility index (Phi) is 5.95. The topological polar surface area (TPSA) is 61.7 Å². The summed E-state index contributed by atoms with van der Waals surface area (Å²) in [5.74, 6) is 1.97. The number of fused-ring (bicyclic) bond motifs is 2. The SMILES string of the molecule is COCCN1CCC2(CCc3c(N4CCC(O)CC4)nc(-c4ccccc4)nc32)CC1. The molecule has 1 N–H and O–H groups in total. The van der Waals surface area contributed by atoms with Crippen LogP contribution in [0.25, 0.3) is 11.4 Å². The number of likely N-dealkylation sites (tertiary alicyclic amines) is 1. The van der Waals surface area contributed by atoms with Crippen molar-refractivity contribution in [3.8, 4) is 11.4 Å². The van der Waals surface area contributed by atoms with E-state index >= 15 is 0 Å². The molecule has 3 heterocycles. The van der Waals surface area contributed by atoms with Crippen molar-refractivity contribution in [3.63, 3.8) is 0 Å². The van der Waals surface area contributed by atoms with Gasteiger partial charge in [0, 0.05) is 43.3 Å². The third-order valence-corrected chi connectivity index (χ3v) is 7.56. The van der Waals surface area contributed by atoms with Gasteiger partial charge >= 0.3 is 0 Å². The van der Waals surface area contributed by atoms with Crippen molar-refractivity contribution in [2.45, 2.75) is 50.0 Å².